The number of hydrogen-bond donors (Lipinski definition) is 0. The SMILES string of the molecule is Cc1ccc(CCC(=O)N2CCC(N(C)c3ccncn3)CC2)cc1F. The zero-order valence-electron chi connectivity index (χ0n) is 15.4. The number of amides is 1. The number of likely N-dealkylation sites (tertiary alicyclic amines) is 1. The van der Waals surface area contributed by atoms with Crippen LogP contribution in [0.5, 0.6) is 0 Å². The summed E-state index contributed by atoms with van der Waals surface area (Å²) in [5.41, 5.74) is 1.51. The van der Waals surface area contributed by atoms with Gasteiger partial charge in [-0.3, -0.25) is 4.79 Å². The first-order valence-electron chi connectivity index (χ1n) is 9.06. The van der Waals surface area contributed by atoms with E-state index in [9.17, 15) is 9.18 Å². The molecule has 0 N–H and O–H groups in total. The second kappa shape index (κ2) is 8.25. The second-order valence-corrected chi connectivity index (χ2v) is 6.87. The van der Waals surface area contributed by atoms with Crippen LogP contribution in [0.25, 0.3) is 0 Å². The summed E-state index contributed by atoms with van der Waals surface area (Å²) in [6, 6.07) is 7.47. The average molecular weight is 356 g/mol. The molecular weight excluding hydrogens is 331 g/mol. The number of anilines is 1. The molecule has 0 bridgehead atoms. The molecule has 1 saturated heterocycles. The van der Waals surface area contributed by atoms with Crippen LogP contribution >= 0.6 is 0 Å². The van der Waals surface area contributed by atoms with E-state index in [-0.39, 0.29) is 11.7 Å². The lowest BCUT2D eigenvalue weighted by atomic mass is 10.0. The van der Waals surface area contributed by atoms with Crippen LogP contribution in [0.15, 0.2) is 36.8 Å². The number of carbonyl (C=O) groups excluding carboxylic acids is 1. The van der Waals surface area contributed by atoms with Crippen LogP contribution in [0, 0.1) is 12.7 Å². The summed E-state index contributed by atoms with van der Waals surface area (Å²) in [5.74, 6) is 0.851. The van der Waals surface area contributed by atoms with E-state index in [0.29, 0.717) is 24.4 Å². The van der Waals surface area contributed by atoms with Crippen molar-refractivity contribution in [2.45, 2.75) is 38.6 Å². The van der Waals surface area contributed by atoms with Gasteiger partial charge in [0, 0.05) is 38.8 Å². The molecule has 0 saturated carbocycles. The maximum atomic E-state index is 13.6. The van der Waals surface area contributed by atoms with Crippen molar-refractivity contribution in [3.05, 3.63) is 53.7 Å². The number of carbonyl (C=O) groups is 1. The Morgan fingerprint density at radius 2 is 2.08 bits per heavy atom. The van der Waals surface area contributed by atoms with E-state index in [2.05, 4.69) is 14.9 Å². The van der Waals surface area contributed by atoms with Gasteiger partial charge in [0.05, 0.1) is 0 Å². The van der Waals surface area contributed by atoms with E-state index in [1.807, 2.05) is 24.1 Å². The Morgan fingerprint density at radius 3 is 2.73 bits per heavy atom. The first kappa shape index (κ1) is 18.3. The van der Waals surface area contributed by atoms with Crippen LogP contribution < -0.4 is 4.90 Å². The molecule has 6 heteroatoms. The molecule has 26 heavy (non-hydrogen) atoms. The highest BCUT2D eigenvalue weighted by atomic mass is 19.1. The molecule has 1 aliphatic rings. The van der Waals surface area contributed by atoms with Gasteiger partial charge in [-0.15, -0.1) is 0 Å². The quantitative estimate of drug-likeness (QED) is 0.826. The predicted octanol–water partition coefficient (Wildman–Crippen LogP) is 2.98. The molecule has 1 fully saturated rings. The van der Waals surface area contributed by atoms with Crippen molar-refractivity contribution in [1.29, 1.82) is 0 Å². The number of aromatic nitrogens is 2. The molecular formula is C20H25FN4O. The largest absolute Gasteiger partial charge is 0.356 e. The third-order valence-corrected chi connectivity index (χ3v) is 5.16. The number of hydrogen-bond acceptors (Lipinski definition) is 4. The summed E-state index contributed by atoms with van der Waals surface area (Å²) in [7, 11) is 2.04. The summed E-state index contributed by atoms with van der Waals surface area (Å²) in [4.78, 5) is 24.8. The summed E-state index contributed by atoms with van der Waals surface area (Å²) in [5, 5.41) is 0. The number of benzene rings is 1. The summed E-state index contributed by atoms with van der Waals surface area (Å²) >= 11 is 0. The van der Waals surface area contributed by atoms with Gasteiger partial charge in [-0.2, -0.15) is 0 Å². The highest BCUT2D eigenvalue weighted by Crippen LogP contribution is 2.21. The van der Waals surface area contributed by atoms with Crippen molar-refractivity contribution >= 4 is 11.7 Å². The highest BCUT2D eigenvalue weighted by Gasteiger charge is 2.25. The zero-order chi connectivity index (χ0) is 18.5. The second-order valence-electron chi connectivity index (χ2n) is 6.87. The predicted molar refractivity (Wildman–Crippen MR) is 99.5 cm³/mol. The van der Waals surface area contributed by atoms with Crippen LogP contribution in [-0.4, -0.2) is 47.0 Å². The maximum absolute atomic E-state index is 13.6. The van der Waals surface area contributed by atoms with Crippen LogP contribution in [0.3, 0.4) is 0 Å². The van der Waals surface area contributed by atoms with Crippen molar-refractivity contribution in [2.24, 2.45) is 0 Å². The Morgan fingerprint density at radius 1 is 1.31 bits per heavy atom. The summed E-state index contributed by atoms with van der Waals surface area (Å²) in [6.07, 6.45) is 6.15. The van der Waals surface area contributed by atoms with Gasteiger partial charge in [-0.1, -0.05) is 12.1 Å². The molecule has 1 aromatic heterocycles. The van der Waals surface area contributed by atoms with Gasteiger partial charge >= 0.3 is 0 Å². The molecule has 0 unspecified atom stereocenters. The van der Waals surface area contributed by atoms with Gasteiger partial charge in [0.2, 0.25) is 5.91 Å². The van der Waals surface area contributed by atoms with E-state index in [0.717, 1.165) is 37.3 Å². The van der Waals surface area contributed by atoms with Crippen molar-refractivity contribution < 1.29 is 9.18 Å². The van der Waals surface area contributed by atoms with Gasteiger partial charge in [-0.05, 0) is 49.4 Å². The Hall–Kier alpha value is -2.50. The minimum Gasteiger partial charge on any atom is -0.356 e. The lowest BCUT2D eigenvalue weighted by molar-refractivity contribution is -0.132. The number of halogens is 1. The van der Waals surface area contributed by atoms with Crippen molar-refractivity contribution in [2.75, 3.05) is 25.0 Å². The van der Waals surface area contributed by atoms with Crippen LogP contribution in [-0.2, 0) is 11.2 Å². The number of aryl methyl sites for hydroxylation is 2. The molecule has 1 aromatic carbocycles. The summed E-state index contributed by atoms with van der Waals surface area (Å²) < 4.78 is 13.6. The van der Waals surface area contributed by atoms with Crippen LogP contribution in [0.4, 0.5) is 10.2 Å². The normalized spacial score (nSPS) is 15.1. The third-order valence-electron chi connectivity index (χ3n) is 5.16. The van der Waals surface area contributed by atoms with Gasteiger partial charge in [0.1, 0.15) is 18.0 Å². The van der Waals surface area contributed by atoms with E-state index >= 15 is 0 Å². The van der Waals surface area contributed by atoms with E-state index in [1.165, 1.54) is 6.07 Å². The van der Waals surface area contributed by atoms with Gasteiger partial charge < -0.3 is 9.80 Å². The molecule has 0 atom stereocenters. The van der Waals surface area contributed by atoms with E-state index < -0.39 is 0 Å². The topological polar surface area (TPSA) is 49.3 Å². The standard InChI is InChI=1S/C20H25FN4O/c1-15-3-4-16(13-18(15)21)5-6-20(26)25-11-8-17(9-12-25)24(2)19-7-10-22-14-23-19/h3-4,7,10,13-14,17H,5-6,8-9,11-12H2,1-2H3. The van der Waals surface area contributed by atoms with Crippen LogP contribution in [0.2, 0.25) is 0 Å². The summed E-state index contributed by atoms with van der Waals surface area (Å²) in [6.45, 7) is 3.25. The lowest BCUT2D eigenvalue weighted by Crippen LogP contribution is -2.46. The van der Waals surface area contributed by atoms with E-state index in [4.69, 9.17) is 0 Å². The smallest absolute Gasteiger partial charge is 0.222 e. The fraction of sp³-hybridized carbons (Fsp3) is 0.450. The number of rotatable bonds is 5. The molecule has 138 valence electrons. The Labute approximate surface area is 153 Å². The van der Waals surface area contributed by atoms with Crippen molar-refractivity contribution in [3.63, 3.8) is 0 Å². The molecule has 1 aliphatic heterocycles. The molecule has 3 rings (SSSR count). The highest BCUT2D eigenvalue weighted by molar-refractivity contribution is 5.76. The van der Waals surface area contributed by atoms with Gasteiger partial charge in [-0.25, -0.2) is 14.4 Å². The molecule has 0 aliphatic carbocycles. The molecule has 5 nitrogen and oxygen atoms in total. The maximum Gasteiger partial charge on any atom is 0.222 e. The Balaban J connectivity index is 1.48. The monoisotopic (exact) mass is 356 g/mol. The minimum atomic E-state index is -0.205. The van der Waals surface area contributed by atoms with Gasteiger partial charge in [0.25, 0.3) is 0 Å². The lowest BCUT2D eigenvalue weighted by Gasteiger charge is -2.37. The van der Waals surface area contributed by atoms with Crippen molar-refractivity contribution in [3.8, 4) is 0 Å². The Bertz CT molecular complexity index is 745. The Kier molecular flexibility index (Phi) is 5.81. The first-order valence-corrected chi connectivity index (χ1v) is 9.06. The first-order chi connectivity index (χ1) is 12.5. The van der Waals surface area contributed by atoms with Gasteiger partial charge in [0.15, 0.2) is 0 Å². The van der Waals surface area contributed by atoms with Crippen LogP contribution in [0.1, 0.15) is 30.4 Å². The fourth-order valence-corrected chi connectivity index (χ4v) is 3.38. The van der Waals surface area contributed by atoms with E-state index in [1.54, 1.807) is 25.5 Å². The molecule has 2 heterocycles. The fourth-order valence-electron chi connectivity index (χ4n) is 3.38. The zero-order valence-corrected chi connectivity index (χ0v) is 15.4. The van der Waals surface area contributed by atoms with Crippen molar-refractivity contribution in [1.82, 2.24) is 14.9 Å². The molecule has 0 radical (unpaired) electrons. The number of piperidine rings is 1. The molecule has 0 spiro atoms. The molecule has 2 aromatic rings. The number of nitrogens with zero attached hydrogens (tertiary/aromatic N) is 4. The minimum absolute atomic E-state index is 0.147. The average Bonchev–Trinajstić information content (AvgIpc) is 2.69. The molecule has 1 amide bonds. The third kappa shape index (κ3) is 4.36.